The minimum Gasteiger partial charge on any atom is -0.477 e. The fraction of sp³-hybridized carbons (Fsp3) is 0.529. The van der Waals surface area contributed by atoms with E-state index in [1.807, 2.05) is 7.05 Å². The highest BCUT2D eigenvalue weighted by Gasteiger charge is 2.56. The number of hydrogen-bond acceptors (Lipinski definition) is 5. The standard InChI is InChI=1S/C17H22N2O4S/c1-9-11(5-4-6-18(9)3)8-24-13-7-12-14(10(2)20)16(21)19(12)15(13)17(22)23/h4-5,10,12,14,20H,6-8H2,1-3H3,(H,22,23)/t10-,12?,14+/m1/s1. The van der Waals surface area contributed by atoms with Crippen LogP contribution in [0.1, 0.15) is 20.3 Å². The van der Waals surface area contributed by atoms with Crippen LogP contribution >= 0.6 is 11.8 Å². The number of thioether (sulfide) groups is 1. The summed E-state index contributed by atoms with van der Waals surface area (Å²) in [7, 11) is 2.03. The first-order chi connectivity index (χ1) is 11.3. The van der Waals surface area contributed by atoms with Gasteiger partial charge in [-0.3, -0.25) is 4.79 Å². The lowest BCUT2D eigenvalue weighted by Crippen LogP contribution is -2.61. The Labute approximate surface area is 145 Å². The molecule has 0 aromatic heterocycles. The van der Waals surface area contributed by atoms with Crippen LogP contribution in [0.5, 0.6) is 0 Å². The summed E-state index contributed by atoms with van der Waals surface area (Å²) in [5, 5.41) is 19.3. The average molecular weight is 350 g/mol. The molecule has 3 aliphatic rings. The predicted octanol–water partition coefficient (Wildman–Crippen LogP) is 1.40. The predicted molar refractivity (Wildman–Crippen MR) is 92.0 cm³/mol. The maximum absolute atomic E-state index is 12.2. The number of β-lactam (4-membered cyclic amide) rings is 1. The van der Waals surface area contributed by atoms with Crippen molar-refractivity contribution >= 4 is 23.6 Å². The number of amides is 1. The lowest BCUT2D eigenvalue weighted by atomic mass is 9.83. The molecule has 0 radical (unpaired) electrons. The van der Waals surface area contributed by atoms with Gasteiger partial charge in [0.05, 0.1) is 18.1 Å². The number of nitrogens with zero attached hydrogens (tertiary/aromatic N) is 2. The van der Waals surface area contributed by atoms with Crippen molar-refractivity contribution in [1.29, 1.82) is 0 Å². The second-order valence-corrected chi connectivity index (χ2v) is 7.58. The molecule has 6 nitrogen and oxygen atoms in total. The number of carbonyl (C=O) groups excluding carboxylic acids is 1. The van der Waals surface area contributed by atoms with Crippen LogP contribution in [-0.2, 0) is 9.59 Å². The highest BCUT2D eigenvalue weighted by Crippen LogP contribution is 2.47. The highest BCUT2D eigenvalue weighted by molar-refractivity contribution is 8.03. The van der Waals surface area contributed by atoms with Crippen molar-refractivity contribution < 1.29 is 19.8 Å². The molecule has 0 aromatic carbocycles. The first-order valence-electron chi connectivity index (χ1n) is 8.00. The molecule has 0 spiro atoms. The number of likely N-dealkylation sites (N-methyl/N-ethyl adjacent to an activating group) is 1. The zero-order chi connectivity index (χ0) is 17.6. The zero-order valence-electron chi connectivity index (χ0n) is 14.0. The number of rotatable bonds is 5. The normalized spacial score (nSPS) is 27.6. The van der Waals surface area contributed by atoms with Crippen molar-refractivity contribution in [2.75, 3.05) is 19.3 Å². The van der Waals surface area contributed by atoms with E-state index in [1.165, 1.54) is 27.9 Å². The van der Waals surface area contributed by atoms with Gasteiger partial charge in [0.2, 0.25) is 5.91 Å². The van der Waals surface area contributed by atoms with Crippen molar-refractivity contribution in [1.82, 2.24) is 9.80 Å². The quantitative estimate of drug-likeness (QED) is 0.730. The molecule has 1 fully saturated rings. The van der Waals surface area contributed by atoms with Gasteiger partial charge in [-0.1, -0.05) is 12.2 Å². The van der Waals surface area contributed by atoms with Crippen LogP contribution in [0.3, 0.4) is 0 Å². The monoisotopic (exact) mass is 350 g/mol. The molecule has 7 heteroatoms. The van der Waals surface area contributed by atoms with Gasteiger partial charge in [0.15, 0.2) is 0 Å². The lowest BCUT2D eigenvalue weighted by molar-refractivity contribution is -0.161. The average Bonchev–Trinajstić information content (AvgIpc) is 2.83. The Morgan fingerprint density at radius 1 is 1.50 bits per heavy atom. The summed E-state index contributed by atoms with van der Waals surface area (Å²) in [6.07, 6.45) is 3.93. The molecule has 3 rings (SSSR count). The summed E-state index contributed by atoms with van der Waals surface area (Å²) in [4.78, 5) is 28.0. The fourth-order valence-corrected chi connectivity index (χ4v) is 4.78. The fourth-order valence-electron chi connectivity index (χ4n) is 3.53. The third-order valence-corrected chi connectivity index (χ3v) is 6.19. The van der Waals surface area contributed by atoms with Crippen molar-refractivity contribution in [2.24, 2.45) is 5.92 Å². The van der Waals surface area contributed by atoms with E-state index >= 15 is 0 Å². The Balaban J connectivity index is 1.78. The number of aliphatic carboxylic acids is 1. The summed E-state index contributed by atoms with van der Waals surface area (Å²) < 4.78 is 0. The van der Waals surface area contributed by atoms with Crippen molar-refractivity contribution in [3.05, 3.63) is 34.0 Å². The number of allylic oxidation sites excluding steroid dienone is 2. The Morgan fingerprint density at radius 2 is 2.21 bits per heavy atom. The number of aliphatic hydroxyl groups is 1. The van der Waals surface area contributed by atoms with E-state index in [0.29, 0.717) is 12.2 Å². The summed E-state index contributed by atoms with van der Waals surface area (Å²) in [6.45, 7) is 4.52. The van der Waals surface area contributed by atoms with E-state index in [1.54, 1.807) is 6.92 Å². The minimum absolute atomic E-state index is 0.0956. The van der Waals surface area contributed by atoms with Crippen molar-refractivity contribution in [3.8, 4) is 0 Å². The number of hydrogen-bond donors (Lipinski definition) is 2. The van der Waals surface area contributed by atoms with Gasteiger partial charge in [-0.25, -0.2) is 4.79 Å². The number of aliphatic hydroxyl groups excluding tert-OH is 1. The van der Waals surface area contributed by atoms with Crippen LogP contribution in [0.4, 0.5) is 0 Å². The smallest absolute Gasteiger partial charge is 0.353 e. The molecule has 130 valence electrons. The SMILES string of the molecule is CC1=C(CSC2=C(C(=O)O)N3C(=O)[C@@H]([C@@H](C)O)C3C2)C=CCN1C. The van der Waals surface area contributed by atoms with Gasteiger partial charge in [-0.05, 0) is 19.4 Å². The Hall–Kier alpha value is -1.73. The molecule has 0 aromatic rings. The molecule has 3 heterocycles. The maximum atomic E-state index is 12.2. The van der Waals surface area contributed by atoms with Gasteiger partial charge in [0.1, 0.15) is 5.70 Å². The van der Waals surface area contributed by atoms with E-state index < -0.39 is 18.0 Å². The zero-order valence-corrected chi connectivity index (χ0v) is 14.8. The van der Waals surface area contributed by atoms with E-state index in [4.69, 9.17) is 0 Å². The minimum atomic E-state index is -1.07. The van der Waals surface area contributed by atoms with Crippen LogP contribution in [0.2, 0.25) is 0 Å². The van der Waals surface area contributed by atoms with Crippen molar-refractivity contribution in [3.63, 3.8) is 0 Å². The van der Waals surface area contributed by atoms with Crippen LogP contribution in [0.25, 0.3) is 0 Å². The first kappa shape index (κ1) is 17.1. The van der Waals surface area contributed by atoms with Crippen LogP contribution in [-0.4, -0.2) is 63.4 Å². The molecular weight excluding hydrogens is 328 g/mol. The van der Waals surface area contributed by atoms with Crippen LogP contribution in [0.15, 0.2) is 34.0 Å². The molecular formula is C17H22N2O4S. The number of carboxylic acids is 1. The van der Waals surface area contributed by atoms with Gasteiger partial charge >= 0.3 is 5.97 Å². The molecule has 0 aliphatic carbocycles. The molecule has 0 bridgehead atoms. The topological polar surface area (TPSA) is 81.1 Å². The summed E-state index contributed by atoms with van der Waals surface area (Å²) in [5.41, 5.74) is 2.44. The Bertz CT molecular complexity index is 680. The molecule has 0 saturated carbocycles. The van der Waals surface area contributed by atoms with Gasteiger partial charge in [-0.2, -0.15) is 0 Å². The van der Waals surface area contributed by atoms with Gasteiger partial charge in [0.25, 0.3) is 0 Å². The third kappa shape index (κ3) is 2.65. The maximum Gasteiger partial charge on any atom is 0.353 e. The van der Waals surface area contributed by atoms with E-state index in [0.717, 1.165) is 11.4 Å². The van der Waals surface area contributed by atoms with Gasteiger partial charge in [-0.15, -0.1) is 11.8 Å². The molecule has 3 aliphatic heterocycles. The number of carboxylic acid groups (broad SMARTS) is 1. The van der Waals surface area contributed by atoms with Crippen LogP contribution < -0.4 is 0 Å². The third-order valence-electron chi connectivity index (χ3n) is 5.03. The first-order valence-corrected chi connectivity index (χ1v) is 8.99. The van der Waals surface area contributed by atoms with Gasteiger partial charge in [0, 0.05) is 36.4 Å². The number of fused-ring (bicyclic) bond motifs is 1. The second kappa shape index (κ2) is 6.29. The molecule has 2 N–H and O–H groups in total. The summed E-state index contributed by atoms with van der Waals surface area (Å²) in [5.74, 6) is -1.17. The lowest BCUT2D eigenvalue weighted by Gasteiger charge is -2.44. The van der Waals surface area contributed by atoms with Crippen molar-refractivity contribution in [2.45, 2.75) is 32.4 Å². The van der Waals surface area contributed by atoms with E-state index in [9.17, 15) is 19.8 Å². The Morgan fingerprint density at radius 3 is 2.83 bits per heavy atom. The Kier molecular flexibility index (Phi) is 4.48. The highest BCUT2D eigenvalue weighted by atomic mass is 32.2. The summed E-state index contributed by atoms with van der Waals surface area (Å²) in [6, 6.07) is -0.217. The molecule has 1 unspecified atom stereocenters. The second-order valence-electron chi connectivity index (χ2n) is 6.51. The largest absolute Gasteiger partial charge is 0.477 e. The molecule has 1 saturated heterocycles. The van der Waals surface area contributed by atoms with Gasteiger partial charge < -0.3 is 20.0 Å². The van der Waals surface area contributed by atoms with Crippen LogP contribution in [0, 0.1) is 5.92 Å². The number of carbonyl (C=O) groups is 2. The molecule has 3 atom stereocenters. The summed E-state index contributed by atoms with van der Waals surface area (Å²) >= 11 is 1.48. The van der Waals surface area contributed by atoms with E-state index in [2.05, 4.69) is 24.0 Å². The molecule has 1 amide bonds. The molecule has 24 heavy (non-hydrogen) atoms. The van der Waals surface area contributed by atoms with E-state index in [-0.39, 0.29) is 17.6 Å².